The topological polar surface area (TPSA) is 30.5 Å². The minimum absolute atomic E-state index is 0.0292. The Balaban J connectivity index is 1.67. The molecule has 2 aromatic rings. The molecule has 0 radical (unpaired) electrons. The van der Waals surface area contributed by atoms with Crippen molar-refractivity contribution in [1.29, 1.82) is 0 Å². The Bertz CT molecular complexity index is 1050. The molecule has 0 bridgehead atoms. The van der Waals surface area contributed by atoms with Gasteiger partial charge in [-0.2, -0.15) is 0 Å². The molecule has 0 spiro atoms. The van der Waals surface area contributed by atoms with E-state index in [1.807, 2.05) is 0 Å². The number of unbranched alkanes of at least 4 members (excludes halogenated alkanes) is 11. The van der Waals surface area contributed by atoms with Crippen molar-refractivity contribution in [3.05, 3.63) is 60.7 Å². The second-order valence-electron chi connectivity index (χ2n) is 16.8. The fourth-order valence-corrected chi connectivity index (χ4v) is 13.2. The van der Waals surface area contributed by atoms with Crippen LogP contribution in [0.5, 0.6) is 0 Å². The molecule has 1 aliphatic heterocycles. The maximum Gasteiger partial charge on any atom is 0.261 e. The number of hydrogen-bond acceptors (Lipinski definition) is 3. The summed E-state index contributed by atoms with van der Waals surface area (Å²) in [6, 6.07) is 22.4. The first-order valence-electron chi connectivity index (χ1n) is 19.0. The van der Waals surface area contributed by atoms with Gasteiger partial charge in [0.05, 0.1) is 18.8 Å². The van der Waals surface area contributed by atoms with E-state index in [1.165, 1.54) is 93.8 Å². The summed E-state index contributed by atoms with van der Waals surface area (Å²) in [5.74, 6) is 0.546. The zero-order valence-corrected chi connectivity index (χ0v) is 33.4. The minimum atomic E-state index is -2.61. The third kappa shape index (κ3) is 10.9. The van der Waals surface area contributed by atoms with Gasteiger partial charge in [0.2, 0.25) is 0 Å². The highest BCUT2D eigenvalue weighted by Crippen LogP contribution is 2.41. The summed E-state index contributed by atoms with van der Waals surface area (Å²) in [4.78, 5) is 0. The summed E-state index contributed by atoms with van der Waals surface area (Å²) in [5, 5.41) is 6.79. The normalized spacial score (nSPS) is 19.5. The second-order valence-corrected chi connectivity index (χ2v) is 25.8. The summed E-state index contributed by atoms with van der Waals surface area (Å²) >= 11 is 0. The lowest BCUT2D eigenvalue weighted by Crippen LogP contribution is -2.67. The first-order valence-corrected chi connectivity index (χ1v) is 23.8. The minimum Gasteiger partial charge on any atom is -0.412 e. The van der Waals surface area contributed by atoms with Gasteiger partial charge in [-0.1, -0.05) is 186 Å². The van der Waals surface area contributed by atoms with E-state index in [4.69, 9.17) is 8.85 Å². The standard InChI is InChI=1S/C41H71NO2Si2/c1-10-11-12-13-14-15-16-17-18-19-20-23-28-35-33-42-38(39(35)44-45(8,9)40(2,3)4)34-43-46(41(5,6)7,36-29-24-21-25-30-36)37-31-26-22-27-32-37/h21-22,24-27,29-32,35,38-39,42H,10-20,23,28,33-34H2,1-9H3/t35-,38+,39-/m1/s1. The molecule has 3 rings (SSSR count). The molecular formula is C41H71NO2Si2. The van der Waals surface area contributed by atoms with Crippen molar-refractivity contribution >= 4 is 27.0 Å². The van der Waals surface area contributed by atoms with Crippen LogP contribution in [0, 0.1) is 5.92 Å². The molecule has 2 aromatic carbocycles. The number of nitrogens with one attached hydrogen (secondary N) is 1. The lowest BCUT2D eigenvalue weighted by atomic mass is 9.95. The third-order valence-corrected chi connectivity index (χ3v) is 20.5. The summed E-state index contributed by atoms with van der Waals surface area (Å²) in [6.07, 6.45) is 18.2. The van der Waals surface area contributed by atoms with Gasteiger partial charge in [0.15, 0.2) is 8.32 Å². The van der Waals surface area contributed by atoms with Gasteiger partial charge in [0, 0.05) is 6.54 Å². The van der Waals surface area contributed by atoms with Gasteiger partial charge in [-0.05, 0) is 45.9 Å². The van der Waals surface area contributed by atoms with Crippen LogP contribution >= 0.6 is 0 Å². The highest BCUT2D eigenvalue weighted by Gasteiger charge is 2.52. The summed E-state index contributed by atoms with van der Waals surface area (Å²) in [6.45, 7) is 23.1. The van der Waals surface area contributed by atoms with Crippen LogP contribution in [0.15, 0.2) is 60.7 Å². The molecular weight excluding hydrogens is 595 g/mol. The molecule has 1 heterocycles. The Morgan fingerprint density at radius 1 is 0.652 bits per heavy atom. The van der Waals surface area contributed by atoms with Gasteiger partial charge in [0.1, 0.15) is 0 Å². The summed E-state index contributed by atoms with van der Waals surface area (Å²) < 4.78 is 14.8. The van der Waals surface area contributed by atoms with Crippen LogP contribution in [0.25, 0.3) is 0 Å². The smallest absolute Gasteiger partial charge is 0.261 e. The Labute approximate surface area is 287 Å². The Hall–Kier alpha value is -1.25. The van der Waals surface area contributed by atoms with Gasteiger partial charge in [-0.15, -0.1) is 0 Å². The number of benzene rings is 2. The van der Waals surface area contributed by atoms with E-state index in [2.05, 4.69) is 128 Å². The first kappa shape index (κ1) is 39.2. The Kier molecular flexibility index (Phi) is 15.8. The lowest BCUT2D eigenvalue weighted by Gasteiger charge is -2.45. The quantitative estimate of drug-likeness (QED) is 0.113. The van der Waals surface area contributed by atoms with E-state index in [0.29, 0.717) is 12.5 Å². The van der Waals surface area contributed by atoms with Crippen molar-refractivity contribution in [2.24, 2.45) is 5.92 Å². The fraction of sp³-hybridized carbons (Fsp3) is 0.707. The molecule has 1 saturated heterocycles. The van der Waals surface area contributed by atoms with Crippen molar-refractivity contribution in [2.75, 3.05) is 13.2 Å². The van der Waals surface area contributed by atoms with Crippen molar-refractivity contribution < 1.29 is 8.85 Å². The van der Waals surface area contributed by atoms with E-state index in [1.54, 1.807) is 0 Å². The van der Waals surface area contributed by atoms with Crippen LogP contribution in [-0.2, 0) is 8.85 Å². The average Bonchev–Trinajstić information content (AvgIpc) is 3.38. The van der Waals surface area contributed by atoms with Gasteiger partial charge < -0.3 is 14.2 Å². The van der Waals surface area contributed by atoms with Crippen LogP contribution in [-0.4, -0.2) is 41.9 Å². The van der Waals surface area contributed by atoms with E-state index in [9.17, 15) is 0 Å². The zero-order chi connectivity index (χ0) is 33.7. The van der Waals surface area contributed by atoms with Gasteiger partial charge in [-0.3, -0.25) is 0 Å². The second kappa shape index (κ2) is 18.5. The molecule has 1 fully saturated rings. The predicted octanol–water partition coefficient (Wildman–Crippen LogP) is 10.6. The Morgan fingerprint density at radius 2 is 1.11 bits per heavy atom. The molecule has 46 heavy (non-hydrogen) atoms. The molecule has 0 unspecified atom stereocenters. The molecule has 1 aliphatic rings. The van der Waals surface area contributed by atoms with E-state index < -0.39 is 16.6 Å². The van der Waals surface area contributed by atoms with Gasteiger partial charge >= 0.3 is 0 Å². The molecule has 5 heteroatoms. The predicted molar refractivity (Wildman–Crippen MR) is 207 cm³/mol. The van der Waals surface area contributed by atoms with E-state index >= 15 is 0 Å². The first-order chi connectivity index (χ1) is 21.8. The van der Waals surface area contributed by atoms with E-state index in [-0.39, 0.29) is 22.2 Å². The summed E-state index contributed by atoms with van der Waals surface area (Å²) in [7, 11) is -4.57. The number of hydrogen-bond donors (Lipinski definition) is 1. The monoisotopic (exact) mass is 666 g/mol. The highest BCUT2D eigenvalue weighted by atomic mass is 28.4. The SMILES string of the molecule is CCCCCCCCCCCCCC[C@@H]1CN[C@@H](CO[Si](c2ccccc2)(c2ccccc2)C(C)(C)C)[C@@H]1O[Si](C)(C)C(C)(C)C. The summed E-state index contributed by atoms with van der Waals surface area (Å²) in [5.41, 5.74) is 0. The van der Waals surface area contributed by atoms with Crippen LogP contribution in [0.3, 0.4) is 0 Å². The molecule has 1 N–H and O–H groups in total. The largest absolute Gasteiger partial charge is 0.412 e. The third-order valence-electron chi connectivity index (χ3n) is 11.1. The highest BCUT2D eigenvalue weighted by molar-refractivity contribution is 6.99. The molecule has 0 aliphatic carbocycles. The molecule has 0 amide bonds. The Morgan fingerprint density at radius 3 is 1.54 bits per heavy atom. The average molecular weight is 666 g/mol. The van der Waals surface area contributed by atoms with Gasteiger partial charge in [0.25, 0.3) is 8.32 Å². The fourth-order valence-electron chi connectivity index (χ4n) is 7.20. The van der Waals surface area contributed by atoms with E-state index in [0.717, 1.165) is 6.54 Å². The molecule has 3 atom stereocenters. The molecule has 260 valence electrons. The maximum absolute atomic E-state index is 7.46. The lowest BCUT2D eigenvalue weighted by molar-refractivity contribution is 0.0974. The molecule has 0 aromatic heterocycles. The number of rotatable bonds is 20. The molecule has 3 nitrogen and oxygen atoms in total. The zero-order valence-electron chi connectivity index (χ0n) is 31.4. The van der Waals surface area contributed by atoms with Crippen LogP contribution in [0.2, 0.25) is 23.2 Å². The maximum atomic E-state index is 7.46. The van der Waals surface area contributed by atoms with Crippen LogP contribution in [0.4, 0.5) is 0 Å². The van der Waals surface area contributed by atoms with Crippen molar-refractivity contribution in [1.82, 2.24) is 5.32 Å². The molecule has 0 saturated carbocycles. The van der Waals surface area contributed by atoms with Crippen LogP contribution < -0.4 is 15.7 Å². The van der Waals surface area contributed by atoms with Crippen LogP contribution in [0.1, 0.15) is 132 Å². The van der Waals surface area contributed by atoms with Crippen molar-refractivity contribution in [3.63, 3.8) is 0 Å². The van der Waals surface area contributed by atoms with Crippen molar-refractivity contribution in [2.45, 2.75) is 167 Å². The van der Waals surface area contributed by atoms with Gasteiger partial charge in [-0.25, -0.2) is 0 Å². The van der Waals surface area contributed by atoms with Crippen molar-refractivity contribution in [3.8, 4) is 0 Å².